The zero-order valence-corrected chi connectivity index (χ0v) is 15.4. The molecule has 0 saturated heterocycles. The molecule has 0 atom stereocenters. The first kappa shape index (κ1) is 17.6. The first-order valence-corrected chi connectivity index (χ1v) is 9.13. The second kappa shape index (κ2) is 7.43. The van der Waals surface area contributed by atoms with Crippen molar-refractivity contribution >= 4 is 23.8 Å². The van der Waals surface area contributed by atoms with E-state index in [4.69, 9.17) is 4.42 Å². The van der Waals surface area contributed by atoms with E-state index in [1.165, 1.54) is 0 Å². The summed E-state index contributed by atoms with van der Waals surface area (Å²) in [6.45, 7) is 1.57. The van der Waals surface area contributed by atoms with Crippen LogP contribution in [-0.2, 0) is 0 Å². The highest BCUT2D eigenvalue weighted by Crippen LogP contribution is 2.38. The Labute approximate surface area is 156 Å². The van der Waals surface area contributed by atoms with Gasteiger partial charge in [0.1, 0.15) is 5.82 Å². The van der Waals surface area contributed by atoms with E-state index >= 15 is 0 Å². The molecule has 2 fully saturated rings. The molecule has 11 heteroatoms. The lowest BCUT2D eigenvalue weighted by molar-refractivity contribution is 0.0917. The van der Waals surface area contributed by atoms with Gasteiger partial charge in [-0.1, -0.05) is 5.10 Å². The number of anilines is 3. The van der Waals surface area contributed by atoms with E-state index in [1.807, 2.05) is 14.1 Å². The van der Waals surface area contributed by atoms with Crippen molar-refractivity contribution in [2.45, 2.75) is 37.6 Å². The molecule has 0 aromatic carbocycles. The molecule has 2 aromatic rings. The highest BCUT2D eigenvalue weighted by Gasteiger charge is 2.29. The Morgan fingerprint density at radius 2 is 1.89 bits per heavy atom. The van der Waals surface area contributed by atoms with Crippen LogP contribution in [0.3, 0.4) is 0 Å². The predicted molar refractivity (Wildman–Crippen MR) is 96.9 cm³/mol. The van der Waals surface area contributed by atoms with Crippen molar-refractivity contribution in [3.63, 3.8) is 0 Å². The molecule has 2 saturated carbocycles. The van der Waals surface area contributed by atoms with Crippen molar-refractivity contribution < 1.29 is 9.21 Å². The summed E-state index contributed by atoms with van der Waals surface area (Å²) in [7, 11) is 4.01. The van der Waals surface area contributed by atoms with Crippen molar-refractivity contribution in [2.24, 2.45) is 0 Å². The molecule has 144 valence electrons. The second-order valence-corrected chi connectivity index (χ2v) is 7.13. The van der Waals surface area contributed by atoms with Crippen LogP contribution < -0.4 is 16.0 Å². The Balaban J connectivity index is 1.44. The van der Waals surface area contributed by atoms with Crippen molar-refractivity contribution in [3.05, 3.63) is 11.7 Å². The van der Waals surface area contributed by atoms with Gasteiger partial charge >= 0.3 is 17.8 Å². The molecule has 1 amide bonds. The first-order valence-electron chi connectivity index (χ1n) is 9.13. The fraction of sp³-hybridized carbons (Fsp3) is 0.625. The van der Waals surface area contributed by atoms with Gasteiger partial charge in [-0.25, -0.2) is 0 Å². The van der Waals surface area contributed by atoms with Crippen LogP contribution >= 0.6 is 0 Å². The molecule has 2 aliphatic rings. The molecule has 0 aliphatic heterocycles. The molecule has 2 aliphatic carbocycles. The molecule has 0 unspecified atom stereocenters. The van der Waals surface area contributed by atoms with Crippen LogP contribution in [0.5, 0.6) is 0 Å². The Hall–Kier alpha value is -2.82. The van der Waals surface area contributed by atoms with Gasteiger partial charge in [0.2, 0.25) is 11.9 Å². The summed E-state index contributed by atoms with van der Waals surface area (Å²) in [5.74, 6) is 1.49. The average molecular weight is 373 g/mol. The number of hydrogen-bond donors (Lipinski definition) is 3. The first-order chi connectivity index (χ1) is 13.1. The number of carbonyl (C=O) groups excluding carboxylic acids is 1. The van der Waals surface area contributed by atoms with E-state index in [2.05, 4.69) is 46.0 Å². The third-order valence-electron chi connectivity index (χ3n) is 4.19. The maximum Gasteiger partial charge on any atom is 0.322 e. The molecule has 2 heterocycles. The quantitative estimate of drug-likeness (QED) is 0.578. The Bertz CT molecular complexity index is 814. The monoisotopic (exact) mass is 373 g/mol. The summed E-state index contributed by atoms with van der Waals surface area (Å²) < 4.78 is 5.37. The molecular weight excluding hydrogens is 350 g/mol. The van der Waals surface area contributed by atoms with Crippen LogP contribution in [0, 0.1) is 0 Å². The zero-order valence-electron chi connectivity index (χ0n) is 15.4. The molecule has 3 N–H and O–H groups in total. The van der Waals surface area contributed by atoms with Crippen LogP contribution in [0.1, 0.15) is 48.1 Å². The van der Waals surface area contributed by atoms with E-state index < -0.39 is 0 Å². The minimum Gasteiger partial charge on any atom is -0.399 e. The lowest BCUT2D eigenvalue weighted by Crippen LogP contribution is -2.25. The summed E-state index contributed by atoms with van der Waals surface area (Å²) in [6.07, 6.45) is 4.13. The highest BCUT2D eigenvalue weighted by molar-refractivity contribution is 5.90. The molecule has 27 heavy (non-hydrogen) atoms. The Kier molecular flexibility index (Phi) is 4.84. The van der Waals surface area contributed by atoms with Gasteiger partial charge in [0.15, 0.2) is 0 Å². The number of rotatable bonds is 9. The largest absolute Gasteiger partial charge is 0.399 e. The number of hydrogen-bond acceptors (Lipinski definition) is 10. The summed E-state index contributed by atoms with van der Waals surface area (Å²) in [4.78, 5) is 27.3. The fourth-order valence-electron chi connectivity index (χ4n) is 2.38. The molecule has 2 aromatic heterocycles. The standard InChI is InChI=1S/C16H23N9O2/c1-25(2)8-7-17-14-19-11(9-3-4-9)20-15(21-14)22-16-24-23-13(27-16)12(26)18-10-5-6-10/h9-10H,3-8H2,1-2H3,(H,18,26)(H2,17,19,20,21,22,24). The fourth-order valence-corrected chi connectivity index (χ4v) is 2.38. The Morgan fingerprint density at radius 1 is 1.11 bits per heavy atom. The molecule has 0 spiro atoms. The van der Waals surface area contributed by atoms with Crippen LogP contribution in [0.4, 0.5) is 17.9 Å². The van der Waals surface area contributed by atoms with Gasteiger partial charge < -0.3 is 20.0 Å². The third-order valence-corrected chi connectivity index (χ3v) is 4.19. The maximum atomic E-state index is 11.9. The predicted octanol–water partition coefficient (Wildman–Crippen LogP) is 0.741. The minimum absolute atomic E-state index is 0.0723. The third kappa shape index (κ3) is 4.88. The van der Waals surface area contributed by atoms with Crippen LogP contribution in [0.25, 0.3) is 0 Å². The second-order valence-electron chi connectivity index (χ2n) is 7.13. The smallest absolute Gasteiger partial charge is 0.322 e. The summed E-state index contributed by atoms with van der Waals surface area (Å²) in [6, 6.07) is 0.296. The molecular formula is C16H23N9O2. The van der Waals surface area contributed by atoms with E-state index in [-0.39, 0.29) is 23.9 Å². The van der Waals surface area contributed by atoms with Gasteiger partial charge in [-0.3, -0.25) is 10.1 Å². The molecule has 0 bridgehead atoms. The average Bonchev–Trinajstić information content (AvgIpc) is 3.54. The summed E-state index contributed by atoms with van der Waals surface area (Å²) in [5.41, 5.74) is 0. The van der Waals surface area contributed by atoms with E-state index in [1.54, 1.807) is 0 Å². The molecule has 4 rings (SSSR count). The van der Waals surface area contributed by atoms with Crippen LogP contribution in [-0.4, -0.2) is 69.2 Å². The van der Waals surface area contributed by atoms with Gasteiger partial charge in [-0.2, -0.15) is 15.0 Å². The lowest BCUT2D eigenvalue weighted by atomic mass is 10.4. The van der Waals surface area contributed by atoms with Gasteiger partial charge in [-0.15, -0.1) is 5.10 Å². The van der Waals surface area contributed by atoms with Crippen molar-refractivity contribution in [2.75, 3.05) is 37.8 Å². The summed E-state index contributed by atoms with van der Waals surface area (Å²) >= 11 is 0. The van der Waals surface area contributed by atoms with Crippen molar-refractivity contribution in [3.8, 4) is 0 Å². The number of amides is 1. The van der Waals surface area contributed by atoms with Gasteiger partial charge in [-0.05, 0) is 39.8 Å². The zero-order chi connectivity index (χ0) is 18.8. The van der Waals surface area contributed by atoms with Crippen LogP contribution in [0.2, 0.25) is 0 Å². The Morgan fingerprint density at radius 3 is 2.59 bits per heavy atom. The number of aromatic nitrogens is 5. The number of likely N-dealkylation sites (N-methyl/N-ethyl adjacent to an activating group) is 1. The molecule has 0 radical (unpaired) electrons. The summed E-state index contributed by atoms with van der Waals surface area (Å²) in [5, 5.41) is 16.5. The normalized spacial score (nSPS) is 16.4. The SMILES string of the molecule is CN(C)CCNc1nc(Nc2nnc(C(=O)NC3CC3)o2)nc(C2CC2)n1. The van der Waals surface area contributed by atoms with E-state index in [9.17, 15) is 4.79 Å². The molecule has 11 nitrogen and oxygen atoms in total. The highest BCUT2D eigenvalue weighted by atomic mass is 16.4. The van der Waals surface area contributed by atoms with Gasteiger partial charge in [0.25, 0.3) is 0 Å². The lowest BCUT2D eigenvalue weighted by Gasteiger charge is -2.11. The van der Waals surface area contributed by atoms with E-state index in [0.717, 1.165) is 38.1 Å². The van der Waals surface area contributed by atoms with E-state index in [0.29, 0.717) is 24.4 Å². The van der Waals surface area contributed by atoms with Gasteiger partial charge in [0, 0.05) is 25.0 Å². The van der Waals surface area contributed by atoms with Crippen molar-refractivity contribution in [1.82, 2.24) is 35.4 Å². The maximum absolute atomic E-state index is 11.9. The number of carbonyl (C=O) groups is 1. The van der Waals surface area contributed by atoms with Crippen molar-refractivity contribution in [1.29, 1.82) is 0 Å². The van der Waals surface area contributed by atoms with Crippen LogP contribution in [0.15, 0.2) is 4.42 Å². The van der Waals surface area contributed by atoms with Gasteiger partial charge in [0.05, 0.1) is 0 Å². The topological polar surface area (TPSA) is 134 Å². The number of nitrogens with zero attached hydrogens (tertiary/aromatic N) is 6. The number of nitrogens with one attached hydrogen (secondary N) is 3. The minimum atomic E-state index is -0.363.